The smallest absolute Gasteiger partial charge is 0.254 e. The summed E-state index contributed by atoms with van der Waals surface area (Å²) in [4.78, 5) is 35.3. The Labute approximate surface area is 179 Å². The van der Waals surface area contributed by atoms with Crippen LogP contribution in [0, 0.1) is 0 Å². The summed E-state index contributed by atoms with van der Waals surface area (Å²) in [7, 11) is 1.49. The molecule has 3 aromatic rings. The third-order valence-corrected chi connectivity index (χ3v) is 5.19. The summed E-state index contributed by atoms with van der Waals surface area (Å²) in [6.45, 7) is 4.61. The van der Waals surface area contributed by atoms with Crippen LogP contribution in [-0.2, 0) is 4.79 Å². The van der Waals surface area contributed by atoms with Crippen molar-refractivity contribution in [3.05, 3.63) is 66.9 Å². The van der Waals surface area contributed by atoms with Crippen LogP contribution in [0.2, 0.25) is 0 Å². The van der Waals surface area contributed by atoms with Gasteiger partial charge in [0.1, 0.15) is 5.75 Å². The van der Waals surface area contributed by atoms with Crippen molar-refractivity contribution < 1.29 is 14.3 Å². The standard InChI is InChI=1S/C23H23N5O3/c1-3-21(29)26-19-9-8-15(12-20(19)31-2)22(30)28-11-10-17(14-28)25-23-24-13-16-6-4-5-7-18(16)27-23/h3-9,12-13,17H,1,10-11,14H2,2H3,(H,26,29)(H,24,25,27)/t17-/m0/s1. The van der Waals surface area contributed by atoms with E-state index < -0.39 is 0 Å². The van der Waals surface area contributed by atoms with Crippen molar-refractivity contribution in [1.29, 1.82) is 0 Å². The van der Waals surface area contributed by atoms with Crippen LogP contribution < -0.4 is 15.4 Å². The largest absolute Gasteiger partial charge is 0.495 e. The zero-order valence-corrected chi connectivity index (χ0v) is 17.2. The van der Waals surface area contributed by atoms with E-state index in [-0.39, 0.29) is 17.9 Å². The maximum Gasteiger partial charge on any atom is 0.254 e. The fourth-order valence-corrected chi connectivity index (χ4v) is 3.58. The summed E-state index contributed by atoms with van der Waals surface area (Å²) in [5.74, 6) is 0.534. The number of nitrogens with one attached hydrogen (secondary N) is 2. The first-order valence-corrected chi connectivity index (χ1v) is 9.96. The summed E-state index contributed by atoms with van der Waals surface area (Å²) in [5, 5.41) is 6.98. The second-order valence-electron chi connectivity index (χ2n) is 7.24. The van der Waals surface area contributed by atoms with Crippen LogP contribution in [0.1, 0.15) is 16.8 Å². The molecule has 31 heavy (non-hydrogen) atoms. The van der Waals surface area contributed by atoms with Crippen LogP contribution in [0.4, 0.5) is 11.6 Å². The molecular formula is C23H23N5O3. The third-order valence-electron chi connectivity index (χ3n) is 5.19. The lowest BCUT2D eigenvalue weighted by Crippen LogP contribution is -2.31. The lowest BCUT2D eigenvalue weighted by atomic mass is 10.1. The number of nitrogens with zero attached hydrogens (tertiary/aromatic N) is 3. The predicted molar refractivity (Wildman–Crippen MR) is 119 cm³/mol. The molecule has 0 unspecified atom stereocenters. The van der Waals surface area contributed by atoms with Crippen LogP contribution >= 0.6 is 0 Å². The Morgan fingerprint density at radius 2 is 2.10 bits per heavy atom. The average molecular weight is 417 g/mol. The van der Waals surface area contributed by atoms with Gasteiger partial charge in [0.15, 0.2) is 0 Å². The number of methoxy groups -OCH3 is 1. The van der Waals surface area contributed by atoms with E-state index in [9.17, 15) is 9.59 Å². The summed E-state index contributed by atoms with van der Waals surface area (Å²) >= 11 is 0. The SMILES string of the molecule is C=CC(=O)Nc1ccc(C(=O)N2CC[C@H](Nc3ncc4ccccc4n3)C2)cc1OC. The predicted octanol–water partition coefficient (Wildman–Crippen LogP) is 3.09. The van der Waals surface area contributed by atoms with E-state index in [0.29, 0.717) is 36.0 Å². The number of fused-ring (bicyclic) bond motifs is 1. The molecule has 1 aliphatic heterocycles. The maximum absolute atomic E-state index is 13.0. The molecule has 8 heteroatoms. The summed E-state index contributed by atoms with van der Waals surface area (Å²) in [6, 6.07) is 12.8. The van der Waals surface area contributed by atoms with Crippen molar-refractivity contribution in [2.45, 2.75) is 12.5 Å². The van der Waals surface area contributed by atoms with Gasteiger partial charge in [0.2, 0.25) is 11.9 Å². The topological polar surface area (TPSA) is 96.5 Å². The zero-order valence-electron chi connectivity index (χ0n) is 17.2. The van der Waals surface area contributed by atoms with Gasteiger partial charge in [0.25, 0.3) is 5.91 Å². The van der Waals surface area contributed by atoms with Crippen LogP contribution in [0.5, 0.6) is 5.75 Å². The fraction of sp³-hybridized carbons (Fsp3) is 0.217. The number of hydrogen-bond acceptors (Lipinski definition) is 6. The summed E-state index contributed by atoms with van der Waals surface area (Å²) in [6.07, 6.45) is 3.77. The Hall–Kier alpha value is -3.94. The molecule has 0 bridgehead atoms. The quantitative estimate of drug-likeness (QED) is 0.599. The number of hydrogen-bond donors (Lipinski definition) is 2. The molecule has 2 aromatic carbocycles. The number of aromatic nitrogens is 2. The van der Waals surface area contributed by atoms with Gasteiger partial charge in [0.05, 0.1) is 18.3 Å². The Kier molecular flexibility index (Phi) is 5.79. The van der Waals surface area contributed by atoms with Crippen LogP contribution in [-0.4, -0.2) is 52.9 Å². The van der Waals surface area contributed by atoms with E-state index in [0.717, 1.165) is 17.3 Å². The first kappa shape index (κ1) is 20.3. The van der Waals surface area contributed by atoms with Crippen LogP contribution in [0.3, 0.4) is 0 Å². The van der Waals surface area contributed by atoms with Crippen molar-refractivity contribution in [3.63, 3.8) is 0 Å². The van der Waals surface area contributed by atoms with Crippen molar-refractivity contribution in [2.24, 2.45) is 0 Å². The molecule has 158 valence electrons. The normalized spacial score (nSPS) is 15.5. The molecule has 0 radical (unpaired) electrons. The third kappa shape index (κ3) is 4.48. The van der Waals surface area contributed by atoms with Crippen LogP contribution in [0.15, 0.2) is 61.3 Å². The van der Waals surface area contributed by atoms with E-state index in [2.05, 4.69) is 27.2 Å². The Morgan fingerprint density at radius 1 is 1.26 bits per heavy atom. The number of rotatable bonds is 6. The van der Waals surface area contributed by atoms with E-state index in [1.807, 2.05) is 24.3 Å². The molecule has 2 heterocycles. The molecule has 1 atom stereocenters. The molecular weight excluding hydrogens is 394 g/mol. The number of anilines is 2. The molecule has 8 nitrogen and oxygen atoms in total. The highest BCUT2D eigenvalue weighted by molar-refractivity contribution is 6.01. The Bertz CT molecular complexity index is 1150. The number of likely N-dealkylation sites (tertiary alicyclic amines) is 1. The van der Waals surface area contributed by atoms with Gasteiger partial charge >= 0.3 is 0 Å². The van der Waals surface area contributed by atoms with Gasteiger partial charge < -0.3 is 20.3 Å². The highest BCUT2D eigenvalue weighted by Crippen LogP contribution is 2.27. The van der Waals surface area contributed by atoms with Crippen molar-refractivity contribution in [2.75, 3.05) is 30.8 Å². The van der Waals surface area contributed by atoms with Gasteiger partial charge in [-0.25, -0.2) is 9.97 Å². The van der Waals surface area contributed by atoms with E-state index in [1.165, 1.54) is 13.2 Å². The monoisotopic (exact) mass is 417 g/mol. The molecule has 1 aliphatic rings. The molecule has 1 saturated heterocycles. The minimum atomic E-state index is -0.346. The lowest BCUT2D eigenvalue weighted by Gasteiger charge is -2.18. The number of carbonyl (C=O) groups is 2. The zero-order chi connectivity index (χ0) is 21.8. The minimum absolute atomic E-state index is 0.0677. The first-order chi connectivity index (χ1) is 15.1. The van der Waals surface area contributed by atoms with Crippen molar-refractivity contribution in [3.8, 4) is 5.75 Å². The van der Waals surface area contributed by atoms with E-state index >= 15 is 0 Å². The highest BCUT2D eigenvalue weighted by atomic mass is 16.5. The molecule has 0 saturated carbocycles. The fourth-order valence-electron chi connectivity index (χ4n) is 3.58. The molecule has 1 fully saturated rings. The van der Waals surface area contributed by atoms with Gasteiger partial charge in [-0.15, -0.1) is 0 Å². The molecule has 4 rings (SSSR count). The Morgan fingerprint density at radius 3 is 2.90 bits per heavy atom. The van der Waals surface area contributed by atoms with Crippen LogP contribution in [0.25, 0.3) is 10.9 Å². The number of carbonyl (C=O) groups excluding carboxylic acids is 2. The summed E-state index contributed by atoms with van der Waals surface area (Å²) in [5.41, 5.74) is 1.86. The van der Waals surface area contributed by atoms with Gasteiger partial charge in [-0.1, -0.05) is 24.8 Å². The van der Waals surface area contributed by atoms with E-state index in [4.69, 9.17) is 4.74 Å². The summed E-state index contributed by atoms with van der Waals surface area (Å²) < 4.78 is 5.33. The molecule has 2 amide bonds. The number of benzene rings is 2. The van der Waals surface area contributed by atoms with Gasteiger partial charge in [-0.05, 0) is 36.8 Å². The van der Waals surface area contributed by atoms with E-state index in [1.54, 1.807) is 29.3 Å². The first-order valence-electron chi connectivity index (χ1n) is 9.96. The molecule has 2 N–H and O–H groups in total. The lowest BCUT2D eigenvalue weighted by molar-refractivity contribution is -0.111. The van der Waals surface area contributed by atoms with Crippen molar-refractivity contribution in [1.82, 2.24) is 14.9 Å². The molecule has 0 aliphatic carbocycles. The second kappa shape index (κ2) is 8.83. The number of amides is 2. The number of ether oxygens (including phenoxy) is 1. The maximum atomic E-state index is 13.0. The number of para-hydroxylation sites is 1. The van der Waals surface area contributed by atoms with Gasteiger partial charge in [0, 0.05) is 36.3 Å². The minimum Gasteiger partial charge on any atom is -0.495 e. The van der Waals surface area contributed by atoms with Gasteiger partial charge in [-0.3, -0.25) is 9.59 Å². The van der Waals surface area contributed by atoms with Gasteiger partial charge in [-0.2, -0.15) is 0 Å². The molecule has 0 spiro atoms. The highest BCUT2D eigenvalue weighted by Gasteiger charge is 2.28. The Balaban J connectivity index is 1.43. The average Bonchev–Trinajstić information content (AvgIpc) is 3.27. The van der Waals surface area contributed by atoms with Crippen molar-refractivity contribution >= 4 is 34.4 Å². The molecule has 1 aromatic heterocycles. The second-order valence-corrected chi connectivity index (χ2v) is 7.24.